The van der Waals surface area contributed by atoms with Crippen LogP contribution >= 0.6 is 0 Å². The summed E-state index contributed by atoms with van der Waals surface area (Å²) in [6.45, 7) is 6.60. The number of hydrogen-bond donors (Lipinski definition) is 0. The molecule has 0 fully saturated rings. The number of ketones is 1. The highest BCUT2D eigenvalue weighted by Gasteiger charge is 2.16. The van der Waals surface area contributed by atoms with Gasteiger partial charge < -0.3 is 0 Å². The lowest BCUT2D eigenvalue weighted by atomic mass is 9.89. The monoisotopic (exact) mass is 226 g/mol. The van der Waals surface area contributed by atoms with E-state index in [9.17, 15) is 4.79 Å². The molecule has 1 heteroatoms. The molecule has 0 heterocycles. The molecule has 1 nitrogen and oxygen atoms in total. The smallest absolute Gasteiger partial charge is 0.135 e. The van der Waals surface area contributed by atoms with Gasteiger partial charge in [0, 0.05) is 12.3 Å². The van der Waals surface area contributed by atoms with E-state index in [1.54, 1.807) is 0 Å². The van der Waals surface area contributed by atoms with Gasteiger partial charge in [0.05, 0.1) is 0 Å². The van der Waals surface area contributed by atoms with Crippen molar-refractivity contribution in [2.75, 3.05) is 0 Å². The SMILES string of the molecule is CCCCCC(=O)C(CCCC)CCCC. The Morgan fingerprint density at radius 3 is 1.75 bits per heavy atom. The molecule has 0 saturated heterocycles. The van der Waals surface area contributed by atoms with Crippen LogP contribution in [0, 0.1) is 5.92 Å². The predicted molar refractivity (Wildman–Crippen MR) is 71.7 cm³/mol. The van der Waals surface area contributed by atoms with Gasteiger partial charge in [-0.15, -0.1) is 0 Å². The van der Waals surface area contributed by atoms with Gasteiger partial charge in [-0.3, -0.25) is 4.79 Å². The van der Waals surface area contributed by atoms with Crippen LogP contribution in [0.25, 0.3) is 0 Å². The van der Waals surface area contributed by atoms with E-state index in [2.05, 4.69) is 20.8 Å². The van der Waals surface area contributed by atoms with Gasteiger partial charge in [-0.1, -0.05) is 59.3 Å². The van der Waals surface area contributed by atoms with Gasteiger partial charge in [-0.05, 0) is 19.3 Å². The molecule has 0 bridgehead atoms. The maximum atomic E-state index is 12.0. The molecule has 96 valence electrons. The highest BCUT2D eigenvalue weighted by molar-refractivity contribution is 5.80. The molecule has 0 aliphatic carbocycles. The topological polar surface area (TPSA) is 17.1 Å². The van der Waals surface area contributed by atoms with Gasteiger partial charge in [0.15, 0.2) is 0 Å². The number of unbranched alkanes of at least 4 members (excludes halogenated alkanes) is 4. The van der Waals surface area contributed by atoms with E-state index < -0.39 is 0 Å². The molecule has 0 aromatic carbocycles. The molecule has 0 aromatic rings. The summed E-state index contributed by atoms with van der Waals surface area (Å²) in [6.07, 6.45) is 11.5. The minimum atomic E-state index is 0.372. The van der Waals surface area contributed by atoms with Gasteiger partial charge in [0.1, 0.15) is 5.78 Å². The first-order valence-corrected chi connectivity index (χ1v) is 7.28. The summed E-state index contributed by atoms with van der Waals surface area (Å²) in [7, 11) is 0. The first kappa shape index (κ1) is 15.7. The Balaban J connectivity index is 3.88. The summed E-state index contributed by atoms with van der Waals surface area (Å²) in [4.78, 5) is 12.0. The minimum absolute atomic E-state index is 0.372. The zero-order chi connectivity index (χ0) is 12.2. The fourth-order valence-corrected chi connectivity index (χ4v) is 2.12. The van der Waals surface area contributed by atoms with Gasteiger partial charge in [-0.2, -0.15) is 0 Å². The third-order valence-electron chi connectivity index (χ3n) is 3.29. The predicted octanol–water partition coefficient (Wildman–Crippen LogP) is 5.13. The number of hydrogen-bond acceptors (Lipinski definition) is 1. The molecule has 16 heavy (non-hydrogen) atoms. The second kappa shape index (κ2) is 11.2. The van der Waals surface area contributed by atoms with Crippen molar-refractivity contribution in [2.24, 2.45) is 5.92 Å². The third-order valence-corrected chi connectivity index (χ3v) is 3.29. The average Bonchev–Trinajstić information content (AvgIpc) is 2.29. The van der Waals surface area contributed by atoms with Crippen LogP contribution in [0.15, 0.2) is 0 Å². The van der Waals surface area contributed by atoms with E-state index in [0.29, 0.717) is 11.7 Å². The molecule has 0 saturated carbocycles. The van der Waals surface area contributed by atoms with Crippen molar-refractivity contribution in [3.63, 3.8) is 0 Å². The Morgan fingerprint density at radius 1 is 0.812 bits per heavy atom. The van der Waals surface area contributed by atoms with Crippen LogP contribution in [0.2, 0.25) is 0 Å². The largest absolute Gasteiger partial charge is 0.299 e. The number of rotatable bonds is 11. The van der Waals surface area contributed by atoms with Crippen molar-refractivity contribution in [3.05, 3.63) is 0 Å². The summed E-state index contributed by atoms with van der Waals surface area (Å²) in [6, 6.07) is 0. The molecule has 0 aliphatic heterocycles. The minimum Gasteiger partial charge on any atom is -0.299 e. The molecule has 0 radical (unpaired) electrons. The molecule has 0 unspecified atom stereocenters. The van der Waals surface area contributed by atoms with Gasteiger partial charge in [-0.25, -0.2) is 0 Å². The second-order valence-electron chi connectivity index (χ2n) is 4.90. The Labute approximate surface area is 102 Å². The normalized spacial score (nSPS) is 11.0. The molecule has 0 atom stereocenters. The molecule has 0 aromatic heterocycles. The summed E-state index contributed by atoms with van der Waals surface area (Å²) in [5, 5.41) is 0. The lowest BCUT2D eigenvalue weighted by Gasteiger charge is -2.14. The molecular formula is C15H30O. The maximum Gasteiger partial charge on any atom is 0.135 e. The van der Waals surface area contributed by atoms with Crippen molar-refractivity contribution < 1.29 is 4.79 Å². The molecule has 0 amide bonds. The lowest BCUT2D eigenvalue weighted by Crippen LogP contribution is -2.14. The van der Waals surface area contributed by atoms with Crippen molar-refractivity contribution in [1.82, 2.24) is 0 Å². The highest BCUT2D eigenvalue weighted by atomic mass is 16.1. The van der Waals surface area contributed by atoms with E-state index in [4.69, 9.17) is 0 Å². The van der Waals surface area contributed by atoms with Crippen molar-refractivity contribution in [2.45, 2.75) is 85.0 Å². The summed E-state index contributed by atoms with van der Waals surface area (Å²) < 4.78 is 0. The quantitative estimate of drug-likeness (QED) is 0.446. The summed E-state index contributed by atoms with van der Waals surface area (Å²) >= 11 is 0. The van der Waals surface area contributed by atoms with Crippen LogP contribution in [0.3, 0.4) is 0 Å². The fourth-order valence-electron chi connectivity index (χ4n) is 2.12. The zero-order valence-corrected chi connectivity index (χ0v) is 11.6. The first-order chi connectivity index (χ1) is 7.76. The van der Waals surface area contributed by atoms with Crippen molar-refractivity contribution in [1.29, 1.82) is 0 Å². The maximum absolute atomic E-state index is 12.0. The average molecular weight is 226 g/mol. The van der Waals surface area contributed by atoms with Gasteiger partial charge >= 0.3 is 0 Å². The van der Waals surface area contributed by atoms with Crippen molar-refractivity contribution >= 4 is 5.78 Å². The number of carbonyl (C=O) groups is 1. The van der Waals surface area contributed by atoms with E-state index in [0.717, 1.165) is 25.7 Å². The Hall–Kier alpha value is -0.330. The van der Waals surface area contributed by atoms with Crippen LogP contribution in [-0.2, 0) is 4.79 Å². The van der Waals surface area contributed by atoms with Crippen LogP contribution in [-0.4, -0.2) is 5.78 Å². The van der Waals surface area contributed by atoms with Crippen LogP contribution in [0.5, 0.6) is 0 Å². The van der Waals surface area contributed by atoms with Crippen LogP contribution in [0.4, 0.5) is 0 Å². The van der Waals surface area contributed by atoms with E-state index in [-0.39, 0.29) is 0 Å². The molecule has 0 aliphatic rings. The molecular weight excluding hydrogens is 196 g/mol. The van der Waals surface area contributed by atoms with Gasteiger partial charge in [0.25, 0.3) is 0 Å². The zero-order valence-electron chi connectivity index (χ0n) is 11.6. The fraction of sp³-hybridized carbons (Fsp3) is 0.933. The Morgan fingerprint density at radius 2 is 1.31 bits per heavy atom. The highest BCUT2D eigenvalue weighted by Crippen LogP contribution is 2.19. The van der Waals surface area contributed by atoms with Crippen LogP contribution < -0.4 is 0 Å². The van der Waals surface area contributed by atoms with E-state index in [1.807, 2.05) is 0 Å². The van der Waals surface area contributed by atoms with E-state index in [1.165, 1.54) is 38.5 Å². The molecule has 0 N–H and O–H groups in total. The van der Waals surface area contributed by atoms with E-state index >= 15 is 0 Å². The summed E-state index contributed by atoms with van der Waals surface area (Å²) in [5.41, 5.74) is 0. The van der Waals surface area contributed by atoms with Crippen molar-refractivity contribution in [3.8, 4) is 0 Å². The summed E-state index contributed by atoms with van der Waals surface area (Å²) in [5.74, 6) is 0.909. The second-order valence-corrected chi connectivity index (χ2v) is 4.90. The first-order valence-electron chi connectivity index (χ1n) is 7.28. The molecule has 0 spiro atoms. The standard InChI is InChI=1S/C15H30O/c1-4-7-10-13-15(16)14(11-8-5-2)12-9-6-3/h14H,4-13H2,1-3H3. The third kappa shape index (κ3) is 7.90. The Kier molecular flexibility index (Phi) is 10.9. The lowest BCUT2D eigenvalue weighted by molar-refractivity contribution is -0.123. The van der Waals surface area contributed by atoms with Crippen LogP contribution in [0.1, 0.15) is 85.0 Å². The Bertz CT molecular complexity index is 155. The number of Topliss-reactive ketones (excluding diaryl/α,β-unsaturated/α-hetero) is 1. The molecule has 0 rings (SSSR count). The number of carbonyl (C=O) groups excluding carboxylic acids is 1. The van der Waals surface area contributed by atoms with Gasteiger partial charge in [0.2, 0.25) is 0 Å².